The van der Waals surface area contributed by atoms with Gasteiger partial charge in [0, 0.05) is 24.4 Å². The Hall–Kier alpha value is -1.43. The molecule has 0 atom stereocenters. The number of aryl methyl sites for hydroxylation is 1. The molecular weight excluding hydrogens is 240 g/mol. The van der Waals surface area contributed by atoms with E-state index in [9.17, 15) is 9.59 Å². The van der Waals surface area contributed by atoms with Gasteiger partial charge in [0.15, 0.2) is 0 Å². The summed E-state index contributed by atoms with van der Waals surface area (Å²) in [4.78, 5) is 26.8. The molecule has 0 saturated heterocycles. The van der Waals surface area contributed by atoms with Crippen LogP contribution < -0.4 is 5.32 Å². The van der Waals surface area contributed by atoms with Crippen molar-refractivity contribution in [1.29, 1.82) is 0 Å². The number of carboxylic acid groups (broad SMARTS) is 1. The van der Waals surface area contributed by atoms with Crippen molar-refractivity contribution in [2.24, 2.45) is 0 Å². The number of amides is 1. The number of carboxylic acids is 1. The SMILES string of the molecule is O=C(CCc1nccs1)NC1(C(=O)O)CCC1. The topological polar surface area (TPSA) is 79.3 Å². The van der Waals surface area contributed by atoms with Crippen molar-refractivity contribution in [2.45, 2.75) is 37.6 Å². The highest BCUT2D eigenvalue weighted by Crippen LogP contribution is 2.32. The molecule has 92 valence electrons. The summed E-state index contributed by atoms with van der Waals surface area (Å²) >= 11 is 1.50. The van der Waals surface area contributed by atoms with Crippen molar-refractivity contribution in [3.63, 3.8) is 0 Å². The van der Waals surface area contributed by atoms with Crippen LogP contribution in [0.25, 0.3) is 0 Å². The number of carbonyl (C=O) groups excluding carboxylic acids is 1. The van der Waals surface area contributed by atoms with E-state index < -0.39 is 11.5 Å². The standard InChI is InChI=1S/C11H14N2O3S/c14-8(2-3-9-12-6-7-17-9)13-11(10(15)16)4-1-5-11/h6-7H,1-5H2,(H,13,14)(H,15,16). The Morgan fingerprint density at radius 3 is 2.76 bits per heavy atom. The van der Waals surface area contributed by atoms with Crippen LogP contribution in [0.2, 0.25) is 0 Å². The highest BCUT2D eigenvalue weighted by molar-refractivity contribution is 7.09. The lowest BCUT2D eigenvalue weighted by molar-refractivity contribution is -0.151. The first kappa shape index (κ1) is 12.0. The number of thiazole rings is 1. The highest BCUT2D eigenvalue weighted by atomic mass is 32.1. The van der Waals surface area contributed by atoms with Gasteiger partial charge in [-0.3, -0.25) is 4.79 Å². The zero-order valence-corrected chi connectivity index (χ0v) is 10.1. The molecule has 1 saturated carbocycles. The van der Waals surface area contributed by atoms with E-state index in [1.807, 2.05) is 5.38 Å². The van der Waals surface area contributed by atoms with Gasteiger partial charge in [-0.15, -0.1) is 11.3 Å². The van der Waals surface area contributed by atoms with Gasteiger partial charge in [-0.2, -0.15) is 0 Å². The van der Waals surface area contributed by atoms with Gasteiger partial charge in [-0.1, -0.05) is 0 Å². The summed E-state index contributed by atoms with van der Waals surface area (Å²) in [7, 11) is 0. The molecule has 0 bridgehead atoms. The summed E-state index contributed by atoms with van der Waals surface area (Å²) in [6, 6.07) is 0. The van der Waals surface area contributed by atoms with Crippen molar-refractivity contribution in [3.8, 4) is 0 Å². The molecule has 1 amide bonds. The quantitative estimate of drug-likeness (QED) is 0.827. The lowest BCUT2D eigenvalue weighted by Gasteiger charge is -2.38. The summed E-state index contributed by atoms with van der Waals surface area (Å²) in [5.41, 5.74) is -1.00. The first-order chi connectivity index (χ1) is 8.12. The van der Waals surface area contributed by atoms with E-state index in [1.54, 1.807) is 6.20 Å². The number of nitrogens with one attached hydrogen (secondary N) is 1. The van der Waals surface area contributed by atoms with E-state index in [4.69, 9.17) is 5.11 Å². The lowest BCUT2D eigenvalue weighted by Crippen LogP contribution is -2.59. The Labute approximate surface area is 103 Å². The first-order valence-corrected chi connectivity index (χ1v) is 6.43. The maximum absolute atomic E-state index is 11.7. The second-order valence-electron chi connectivity index (χ2n) is 4.21. The fraction of sp³-hybridized carbons (Fsp3) is 0.545. The molecule has 1 aliphatic carbocycles. The van der Waals surface area contributed by atoms with Gasteiger partial charge in [0.1, 0.15) is 5.54 Å². The second-order valence-corrected chi connectivity index (χ2v) is 5.19. The summed E-state index contributed by atoms with van der Waals surface area (Å²) in [5, 5.41) is 14.5. The molecule has 1 aromatic heterocycles. The molecule has 0 spiro atoms. The molecule has 1 aromatic rings. The second kappa shape index (κ2) is 4.83. The van der Waals surface area contributed by atoms with E-state index in [0.717, 1.165) is 11.4 Å². The van der Waals surface area contributed by atoms with Crippen LogP contribution in [0.15, 0.2) is 11.6 Å². The first-order valence-electron chi connectivity index (χ1n) is 5.55. The molecule has 1 aliphatic rings. The van der Waals surface area contributed by atoms with Gasteiger partial charge in [0.05, 0.1) is 5.01 Å². The minimum atomic E-state index is -1.00. The number of nitrogens with zero attached hydrogens (tertiary/aromatic N) is 1. The fourth-order valence-electron chi connectivity index (χ4n) is 1.85. The van der Waals surface area contributed by atoms with Crippen LogP contribution in [0, 0.1) is 0 Å². The minimum absolute atomic E-state index is 0.206. The summed E-state index contributed by atoms with van der Waals surface area (Å²) < 4.78 is 0. The molecule has 2 N–H and O–H groups in total. The van der Waals surface area contributed by atoms with E-state index in [-0.39, 0.29) is 5.91 Å². The maximum atomic E-state index is 11.7. The van der Waals surface area contributed by atoms with Gasteiger partial charge in [0.25, 0.3) is 0 Å². The zero-order chi connectivity index (χ0) is 12.3. The Balaban J connectivity index is 1.83. The molecule has 6 heteroatoms. The van der Waals surface area contributed by atoms with Crippen LogP contribution in [0.1, 0.15) is 30.7 Å². The van der Waals surface area contributed by atoms with Gasteiger partial charge >= 0.3 is 5.97 Å². The largest absolute Gasteiger partial charge is 0.480 e. The molecule has 0 aromatic carbocycles. The van der Waals surface area contributed by atoms with Crippen LogP contribution >= 0.6 is 11.3 Å². The van der Waals surface area contributed by atoms with Crippen molar-refractivity contribution >= 4 is 23.2 Å². The number of carbonyl (C=O) groups is 2. The minimum Gasteiger partial charge on any atom is -0.480 e. The van der Waals surface area contributed by atoms with Crippen LogP contribution in [0.5, 0.6) is 0 Å². The molecule has 0 aliphatic heterocycles. The van der Waals surface area contributed by atoms with Crippen molar-refractivity contribution in [2.75, 3.05) is 0 Å². The monoisotopic (exact) mass is 254 g/mol. The highest BCUT2D eigenvalue weighted by Gasteiger charge is 2.45. The Morgan fingerprint density at radius 1 is 1.53 bits per heavy atom. The van der Waals surface area contributed by atoms with Crippen LogP contribution in [-0.4, -0.2) is 27.5 Å². The van der Waals surface area contributed by atoms with E-state index >= 15 is 0 Å². The number of aromatic nitrogens is 1. The van der Waals surface area contributed by atoms with Crippen molar-refractivity contribution < 1.29 is 14.7 Å². The van der Waals surface area contributed by atoms with Crippen LogP contribution in [0.4, 0.5) is 0 Å². The third kappa shape index (κ3) is 2.63. The Kier molecular flexibility index (Phi) is 3.42. The molecule has 17 heavy (non-hydrogen) atoms. The lowest BCUT2D eigenvalue weighted by atomic mass is 9.76. The van der Waals surface area contributed by atoms with Crippen molar-refractivity contribution in [3.05, 3.63) is 16.6 Å². The van der Waals surface area contributed by atoms with Gasteiger partial charge in [0.2, 0.25) is 5.91 Å². The maximum Gasteiger partial charge on any atom is 0.329 e. The Morgan fingerprint density at radius 2 is 2.29 bits per heavy atom. The molecule has 5 nitrogen and oxygen atoms in total. The van der Waals surface area contributed by atoms with Gasteiger partial charge in [-0.25, -0.2) is 9.78 Å². The molecule has 0 radical (unpaired) electrons. The van der Waals surface area contributed by atoms with Gasteiger partial charge in [-0.05, 0) is 19.3 Å². The number of rotatable bonds is 5. The number of hydrogen-bond acceptors (Lipinski definition) is 4. The average Bonchev–Trinajstić information content (AvgIpc) is 2.72. The van der Waals surface area contributed by atoms with E-state index in [0.29, 0.717) is 25.7 Å². The summed E-state index contributed by atoms with van der Waals surface area (Å²) in [6.45, 7) is 0. The predicted molar refractivity (Wildman–Crippen MR) is 62.8 cm³/mol. The molecular formula is C11H14N2O3S. The smallest absolute Gasteiger partial charge is 0.329 e. The predicted octanol–water partition coefficient (Wildman–Crippen LogP) is 1.20. The third-order valence-corrected chi connectivity index (χ3v) is 3.88. The van der Waals surface area contributed by atoms with E-state index in [1.165, 1.54) is 11.3 Å². The number of aliphatic carboxylic acids is 1. The van der Waals surface area contributed by atoms with Crippen LogP contribution in [-0.2, 0) is 16.0 Å². The molecule has 0 unspecified atom stereocenters. The van der Waals surface area contributed by atoms with Crippen LogP contribution in [0.3, 0.4) is 0 Å². The summed E-state index contributed by atoms with van der Waals surface area (Å²) in [6.07, 6.45) is 4.49. The third-order valence-electron chi connectivity index (χ3n) is 3.04. The average molecular weight is 254 g/mol. The molecule has 1 heterocycles. The molecule has 1 fully saturated rings. The fourth-order valence-corrected chi connectivity index (χ4v) is 2.47. The molecule has 2 rings (SSSR count). The Bertz CT molecular complexity index is 412. The van der Waals surface area contributed by atoms with Gasteiger partial charge < -0.3 is 10.4 Å². The zero-order valence-electron chi connectivity index (χ0n) is 9.31. The van der Waals surface area contributed by atoms with Crippen molar-refractivity contribution in [1.82, 2.24) is 10.3 Å². The summed E-state index contributed by atoms with van der Waals surface area (Å²) in [5.74, 6) is -1.13. The van der Waals surface area contributed by atoms with E-state index in [2.05, 4.69) is 10.3 Å². The number of hydrogen-bond donors (Lipinski definition) is 2. The normalized spacial score (nSPS) is 17.2.